The Balaban J connectivity index is 2.11. The molecule has 1 fully saturated rings. The van der Waals surface area contributed by atoms with Crippen LogP contribution in [0.4, 0.5) is 0 Å². The molecule has 0 radical (unpaired) electrons. The van der Waals surface area contributed by atoms with Crippen molar-refractivity contribution in [1.82, 2.24) is 9.88 Å². The van der Waals surface area contributed by atoms with Crippen molar-refractivity contribution < 1.29 is 19.0 Å². The number of unbranched alkanes of at least 4 members (excludes halogenated alkanes) is 2. The van der Waals surface area contributed by atoms with Gasteiger partial charge in [-0.3, -0.25) is 4.79 Å². The minimum Gasteiger partial charge on any atom is -0.478 e. The largest absolute Gasteiger partial charge is 0.478 e. The third kappa shape index (κ3) is 5.39. The smallest absolute Gasteiger partial charge is 0.256 e. The highest BCUT2D eigenvalue weighted by Gasteiger charge is 2.21. The van der Waals surface area contributed by atoms with Crippen LogP contribution in [0.2, 0.25) is 0 Å². The van der Waals surface area contributed by atoms with E-state index in [1.54, 1.807) is 17.0 Å². The Morgan fingerprint density at radius 3 is 2.26 bits per heavy atom. The van der Waals surface area contributed by atoms with Gasteiger partial charge in [-0.05, 0) is 12.8 Å². The summed E-state index contributed by atoms with van der Waals surface area (Å²) in [5.74, 6) is 0.803. The van der Waals surface area contributed by atoms with Crippen LogP contribution in [0.5, 0.6) is 11.8 Å². The van der Waals surface area contributed by atoms with Gasteiger partial charge < -0.3 is 19.1 Å². The molecule has 1 aliphatic heterocycles. The van der Waals surface area contributed by atoms with Gasteiger partial charge in [0, 0.05) is 18.7 Å². The average Bonchev–Trinajstić information content (AvgIpc) is 3.09. The molecule has 0 N–H and O–H groups in total. The highest BCUT2D eigenvalue weighted by molar-refractivity contribution is 5.94. The maximum Gasteiger partial charge on any atom is 0.256 e. The molecule has 0 atom stereocenters. The number of amides is 1. The zero-order valence-corrected chi connectivity index (χ0v) is 14.0. The van der Waals surface area contributed by atoms with E-state index >= 15 is 0 Å². The number of hydrogen-bond acceptors (Lipinski definition) is 5. The van der Waals surface area contributed by atoms with Gasteiger partial charge in [-0.1, -0.05) is 26.7 Å². The van der Waals surface area contributed by atoms with E-state index in [0.29, 0.717) is 50.4 Å². The molecule has 23 heavy (non-hydrogen) atoms. The predicted octanol–water partition coefficient (Wildman–Crippen LogP) is 2.87. The number of carbonyl (C=O) groups is 1. The Hall–Kier alpha value is -1.82. The summed E-state index contributed by atoms with van der Waals surface area (Å²) in [6, 6.07) is 3.37. The molecule has 0 unspecified atom stereocenters. The topological polar surface area (TPSA) is 60.9 Å². The summed E-state index contributed by atoms with van der Waals surface area (Å²) in [6.07, 6.45) is 3.99. The van der Waals surface area contributed by atoms with Gasteiger partial charge in [-0.25, -0.2) is 0 Å². The van der Waals surface area contributed by atoms with Crippen LogP contribution < -0.4 is 9.47 Å². The first-order chi connectivity index (χ1) is 11.2. The SMILES string of the molecule is CCCCOc1cc(C(=O)N2CCOC2)cc(OCCCC)n1. The molecule has 1 aromatic rings. The Kier molecular flexibility index (Phi) is 7.13. The normalized spacial score (nSPS) is 14.1. The molecule has 0 aromatic carbocycles. The Labute approximate surface area is 137 Å². The molecule has 0 bridgehead atoms. The van der Waals surface area contributed by atoms with E-state index in [1.807, 2.05) is 0 Å². The summed E-state index contributed by atoms with van der Waals surface area (Å²) in [4.78, 5) is 18.5. The minimum absolute atomic E-state index is 0.0782. The summed E-state index contributed by atoms with van der Waals surface area (Å²) < 4.78 is 16.6. The summed E-state index contributed by atoms with van der Waals surface area (Å²) in [5, 5.41) is 0. The van der Waals surface area contributed by atoms with E-state index in [4.69, 9.17) is 14.2 Å². The molecule has 1 amide bonds. The van der Waals surface area contributed by atoms with E-state index < -0.39 is 0 Å². The first-order valence-corrected chi connectivity index (χ1v) is 8.39. The quantitative estimate of drug-likeness (QED) is 0.654. The van der Waals surface area contributed by atoms with Crippen molar-refractivity contribution in [3.63, 3.8) is 0 Å². The van der Waals surface area contributed by atoms with Crippen molar-refractivity contribution in [1.29, 1.82) is 0 Å². The molecule has 0 saturated carbocycles. The van der Waals surface area contributed by atoms with Crippen molar-refractivity contribution in [2.45, 2.75) is 39.5 Å². The number of nitrogens with zero attached hydrogens (tertiary/aromatic N) is 2. The lowest BCUT2D eigenvalue weighted by molar-refractivity contribution is 0.0693. The number of pyridine rings is 1. The van der Waals surface area contributed by atoms with E-state index in [-0.39, 0.29) is 5.91 Å². The molecule has 2 heterocycles. The molecule has 6 heteroatoms. The maximum atomic E-state index is 12.5. The van der Waals surface area contributed by atoms with Gasteiger partial charge in [-0.15, -0.1) is 0 Å². The second-order valence-electron chi connectivity index (χ2n) is 5.54. The summed E-state index contributed by atoms with van der Waals surface area (Å²) >= 11 is 0. The summed E-state index contributed by atoms with van der Waals surface area (Å²) in [7, 11) is 0. The number of hydrogen-bond donors (Lipinski definition) is 0. The molecule has 6 nitrogen and oxygen atoms in total. The van der Waals surface area contributed by atoms with Crippen molar-refractivity contribution in [2.75, 3.05) is 33.1 Å². The fourth-order valence-electron chi connectivity index (χ4n) is 2.15. The average molecular weight is 322 g/mol. The van der Waals surface area contributed by atoms with Crippen LogP contribution in [0.1, 0.15) is 49.9 Å². The van der Waals surface area contributed by atoms with Crippen LogP contribution in [-0.2, 0) is 4.74 Å². The maximum absolute atomic E-state index is 12.5. The van der Waals surface area contributed by atoms with E-state index in [1.165, 1.54) is 0 Å². The van der Waals surface area contributed by atoms with Crippen LogP contribution in [0, 0.1) is 0 Å². The minimum atomic E-state index is -0.0782. The number of carbonyl (C=O) groups excluding carboxylic acids is 1. The van der Waals surface area contributed by atoms with E-state index in [2.05, 4.69) is 18.8 Å². The number of rotatable bonds is 9. The van der Waals surface area contributed by atoms with Crippen LogP contribution in [0.3, 0.4) is 0 Å². The molecular weight excluding hydrogens is 296 g/mol. The zero-order chi connectivity index (χ0) is 16.5. The van der Waals surface area contributed by atoms with Gasteiger partial charge >= 0.3 is 0 Å². The predicted molar refractivity (Wildman–Crippen MR) is 86.9 cm³/mol. The van der Waals surface area contributed by atoms with Crippen LogP contribution >= 0.6 is 0 Å². The number of aromatic nitrogens is 1. The van der Waals surface area contributed by atoms with E-state index in [0.717, 1.165) is 25.7 Å². The van der Waals surface area contributed by atoms with Crippen molar-refractivity contribution in [3.05, 3.63) is 17.7 Å². The summed E-state index contributed by atoms with van der Waals surface area (Å²) in [6.45, 7) is 6.90. The fourth-order valence-corrected chi connectivity index (χ4v) is 2.15. The summed E-state index contributed by atoms with van der Waals surface area (Å²) in [5.41, 5.74) is 0.531. The van der Waals surface area contributed by atoms with Gasteiger partial charge in [0.25, 0.3) is 5.91 Å². The molecule has 2 rings (SSSR count). The highest BCUT2D eigenvalue weighted by atomic mass is 16.5. The number of ether oxygens (including phenoxy) is 3. The van der Waals surface area contributed by atoms with E-state index in [9.17, 15) is 4.79 Å². The standard InChI is InChI=1S/C17H26N2O4/c1-3-5-8-22-15-11-14(17(20)19-7-10-21-13-19)12-16(18-15)23-9-6-4-2/h11-12H,3-10,13H2,1-2H3. The van der Waals surface area contributed by atoms with Crippen molar-refractivity contribution in [2.24, 2.45) is 0 Å². The Bertz CT molecular complexity index is 473. The fraction of sp³-hybridized carbons (Fsp3) is 0.647. The molecule has 1 aliphatic rings. The molecule has 128 valence electrons. The Morgan fingerprint density at radius 1 is 1.17 bits per heavy atom. The van der Waals surface area contributed by atoms with Gasteiger partial charge in [0.1, 0.15) is 6.73 Å². The lowest BCUT2D eigenvalue weighted by Gasteiger charge is -2.15. The van der Waals surface area contributed by atoms with Crippen LogP contribution in [0.25, 0.3) is 0 Å². The monoisotopic (exact) mass is 322 g/mol. The molecular formula is C17H26N2O4. The molecule has 0 aliphatic carbocycles. The zero-order valence-electron chi connectivity index (χ0n) is 14.0. The lowest BCUT2D eigenvalue weighted by atomic mass is 10.2. The first kappa shape index (κ1) is 17.5. The third-order valence-electron chi connectivity index (χ3n) is 3.56. The second kappa shape index (κ2) is 9.35. The van der Waals surface area contributed by atoms with Gasteiger partial charge in [0.2, 0.25) is 11.8 Å². The highest BCUT2D eigenvalue weighted by Crippen LogP contribution is 2.21. The second-order valence-corrected chi connectivity index (χ2v) is 5.54. The van der Waals surface area contributed by atoms with Crippen LogP contribution in [-0.4, -0.2) is 48.9 Å². The molecule has 1 aromatic heterocycles. The van der Waals surface area contributed by atoms with Crippen LogP contribution in [0.15, 0.2) is 12.1 Å². The Morgan fingerprint density at radius 2 is 1.78 bits per heavy atom. The van der Waals surface area contributed by atoms with Gasteiger partial charge in [-0.2, -0.15) is 4.98 Å². The first-order valence-electron chi connectivity index (χ1n) is 8.39. The molecule has 1 saturated heterocycles. The lowest BCUT2D eigenvalue weighted by Crippen LogP contribution is -2.28. The van der Waals surface area contributed by atoms with Gasteiger partial charge in [0.15, 0.2) is 0 Å². The third-order valence-corrected chi connectivity index (χ3v) is 3.56. The van der Waals surface area contributed by atoms with Crippen molar-refractivity contribution in [3.8, 4) is 11.8 Å². The van der Waals surface area contributed by atoms with Crippen molar-refractivity contribution >= 4 is 5.91 Å². The molecule has 0 spiro atoms. The van der Waals surface area contributed by atoms with Gasteiger partial charge in [0.05, 0.1) is 25.4 Å².